The molecule has 0 unspecified atom stereocenters. The van der Waals surface area contributed by atoms with Gasteiger partial charge in [0.15, 0.2) is 5.82 Å². The van der Waals surface area contributed by atoms with Gasteiger partial charge in [-0.2, -0.15) is 0 Å². The van der Waals surface area contributed by atoms with Gasteiger partial charge in [-0.25, -0.2) is 9.59 Å². The van der Waals surface area contributed by atoms with Gasteiger partial charge >= 0.3 is 17.8 Å². The topological polar surface area (TPSA) is 93.7 Å². The number of nitrogens with zero attached hydrogens (tertiary/aromatic N) is 3. The number of carbonyl (C=O) groups is 2. The highest BCUT2D eigenvalue weighted by atomic mass is 127. The lowest BCUT2D eigenvalue weighted by atomic mass is 10.2. The van der Waals surface area contributed by atoms with Crippen molar-refractivity contribution >= 4 is 40.3 Å². The van der Waals surface area contributed by atoms with Crippen LogP contribution in [0.4, 0.5) is 5.82 Å². The minimum Gasteiger partial charge on any atom is -0.399 e. The van der Waals surface area contributed by atoms with E-state index in [2.05, 4.69) is 15.5 Å². The van der Waals surface area contributed by atoms with Crippen molar-refractivity contribution in [1.82, 2.24) is 15.5 Å². The van der Waals surface area contributed by atoms with Crippen molar-refractivity contribution in [3.05, 3.63) is 28.0 Å². The molecule has 3 rings (SSSR count). The zero-order valence-electron chi connectivity index (χ0n) is 10.8. The van der Waals surface area contributed by atoms with E-state index in [0.29, 0.717) is 18.9 Å². The Morgan fingerprint density at radius 1 is 1.19 bits per heavy atom. The number of aromatic nitrogens is 2. The maximum Gasteiger partial charge on any atom is 0.357 e. The van der Waals surface area contributed by atoms with Crippen LogP contribution in [0.1, 0.15) is 0 Å². The summed E-state index contributed by atoms with van der Waals surface area (Å²) in [5, 5.41) is 11.1. The fraction of sp³-hybridized carbons (Fsp3) is 0.333. The maximum absolute atomic E-state index is 11.7. The summed E-state index contributed by atoms with van der Waals surface area (Å²) in [5.74, 6) is -2.36. The number of ether oxygens (including phenoxy) is 2. The van der Waals surface area contributed by atoms with E-state index in [1.54, 1.807) is 17.0 Å². The molecule has 1 aromatic heterocycles. The number of anilines is 1. The van der Waals surface area contributed by atoms with E-state index in [1.165, 1.54) is 0 Å². The summed E-state index contributed by atoms with van der Waals surface area (Å²) in [6.45, 7) is 1.24. The van der Waals surface area contributed by atoms with Crippen LogP contribution in [0.5, 0.6) is 0 Å². The predicted molar refractivity (Wildman–Crippen MR) is 79.0 cm³/mol. The second-order valence-electron chi connectivity index (χ2n) is 4.43. The second-order valence-corrected chi connectivity index (χ2v) is 5.54. The van der Waals surface area contributed by atoms with E-state index in [1.807, 2.05) is 22.6 Å². The Hall–Kier alpha value is -1.75. The number of halogens is 1. The van der Waals surface area contributed by atoms with Crippen LogP contribution in [-0.4, -0.2) is 47.7 Å². The summed E-state index contributed by atoms with van der Waals surface area (Å²) in [7, 11) is 0. The Morgan fingerprint density at radius 2 is 1.90 bits per heavy atom. The molecule has 0 amide bonds. The van der Waals surface area contributed by atoms with Crippen molar-refractivity contribution in [2.75, 3.05) is 24.5 Å². The van der Waals surface area contributed by atoms with Crippen LogP contribution in [-0.2, 0) is 19.1 Å². The van der Waals surface area contributed by atoms with Crippen LogP contribution >= 0.6 is 22.6 Å². The second kappa shape index (κ2) is 5.56. The van der Waals surface area contributed by atoms with Gasteiger partial charge in [-0.1, -0.05) is 0 Å². The van der Waals surface area contributed by atoms with Gasteiger partial charge < -0.3 is 14.8 Å². The third kappa shape index (κ3) is 2.83. The number of carbonyl (C=O) groups excluding carboxylic acids is 2. The quantitative estimate of drug-likeness (QED) is 0.510. The summed E-state index contributed by atoms with van der Waals surface area (Å²) < 4.78 is 11.4. The highest BCUT2D eigenvalue weighted by molar-refractivity contribution is 14.1. The van der Waals surface area contributed by atoms with Crippen LogP contribution in [0.15, 0.2) is 24.3 Å². The third-order valence-corrected chi connectivity index (χ3v) is 3.62. The van der Waals surface area contributed by atoms with E-state index in [-0.39, 0.29) is 6.54 Å². The van der Waals surface area contributed by atoms with Crippen molar-refractivity contribution in [3.8, 4) is 0 Å². The lowest BCUT2D eigenvalue weighted by Gasteiger charge is -2.43. The molecular formula is C12H11IN4O4. The van der Waals surface area contributed by atoms with E-state index in [4.69, 9.17) is 9.47 Å². The van der Waals surface area contributed by atoms with Gasteiger partial charge in [0.25, 0.3) is 0 Å². The number of piperazine rings is 1. The van der Waals surface area contributed by atoms with Gasteiger partial charge in [-0.15, -0.1) is 10.2 Å². The zero-order valence-corrected chi connectivity index (χ0v) is 12.9. The fourth-order valence-corrected chi connectivity index (χ4v) is 2.45. The Morgan fingerprint density at radius 3 is 2.52 bits per heavy atom. The Balaban J connectivity index is 1.98. The molecule has 0 radical (unpaired) electrons. The summed E-state index contributed by atoms with van der Waals surface area (Å²) in [6, 6.07) is 3.51. The molecule has 1 fully saturated rings. The van der Waals surface area contributed by atoms with Crippen molar-refractivity contribution in [2.45, 2.75) is 5.91 Å². The Bertz CT molecular complexity index is 584. The average Bonchev–Trinajstić information content (AvgIpc) is 2.60. The van der Waals surface area contributed by atoms with E-state index < -0.39 is 17.8 Å². The van der Waals surface area contributed by atoms with Crippen LogP contribution < -0.4 is 10.2 Å². The van der Waals surface area contributed by atoms with Gasteiger partial charge in [-0.05, 0) is 34.7 Å². The molecule has 1 saturated heterocycles. The summed E-state index contributed by atoms with van der Waals surface area (Å²) >= 11 is 2.04. The van der Waals surface area contributed by atoms with Gasteiger partial charge in [0.2, 0.25) is 0 Å². The van der Waals surface area contributed by atoms with Gasteiger partial charge in [0, 0.05) is 25.2 Å². The monoisotopic (exact) mass is 402 g/mol. The first kappa shape index (κ1) is 14.2. The molecule has 2 aliphatic rings. The van der Waals surface area contributed by atoms with Gasteiger partial charge in [-0.3, -0.25) is 4.90 Å². The molecule has 110 valence electrons. The molecule has 0 atom stereocenters. The molecule has 1 spiro atoms. The van der Waals surface area contributed by atoms with Crippen molar-refractivity contribution in [1.29, 1.82) is 0 Å². The Labute approximate surface area is 133 Å². The third-order valence-electron chi connectivity index (χ3n) is 3.04. The van der Waals surface area contributed by atoms with E-state index in [0.717, 1.165) is 15.9 Å². The SMILES string of the molecule is O=C1C=CC(=O)OC2(CNCCN2c2ccc(I)nn2)O1. The highest BCUT2D eigenvalue weighted by Crippen LogP contribution is 2.28. The van der Waals surface area contributed by atoms with Crippen LogP contribution in [0, 0.1) is 3.70 Å². The minimum atomic E-state index is -1.54. The number of esters is 2. The largest absolute Gasteiger partial charge is 0.399 e. The average molecular weight is 402 g/mol. The molecule has 0 saturated carbocycles. The van der Waals surface area contributed by atoms with Gasteiger partial charge in [0.1, 0.15) is 3.70 Å². The fourth-order valence-electron chi connectivity index (χ4n) is 2.17. The smallest absolute Gasteiger partial charge is 0.357 e. The molecule has 0 bridgehead atoms. The molecule has 1 N–H and O–H groups in total. The van der Waals surface area contributed by atoms with Crippen molar-refractivity contribution < 1.29 is 19.1 Å². The molecule has 1 aromatic rings. The van der Waals surface area contributed by atoms with Crippen LogP contribution in [0.25, 0.3) is 0 Å². The van der Waals surface area contributed by atoms with E-state index >= 15 is 0 Å². The van der Waals surface area contributed by atoms with Crippen molar-refractivity contribution in [3.63, 3.8) is 0 Å². The maximum atomic E-state index is 11.7. The van der Waals surface area contributed by atoms with Gasteiger partial charge in [0.05, 0.1) is 6.54 Å². The highest BCUT2D eigenvalue weighted by Gasteiger charge is 2.48. The first-order chi connectivity index (χ1) is 10.1. The molecule has 2 aliphatic heterocycles. The normalized spacial score (nSPS) is 20.9. The lowest BCUT2D eigenvalue weighted by molar-refractivity contribution is -0.221. The zero-order chi connectivity index (χ0) is 14.9. The number of hydrogen-bond donors (Lipinski definition) is 1. The molecule has 21 heavy (non-hydrogen) atoms. The molecule has 3 heterocycles. The molecule has 0 aromatic carbocycles. The summed E-state index contributed by atoms with van der Waals surface area (Å²) in [4.78, 5) is 25.0. The lowest BCUT2D eigenvalue weighted by Crippen LogP contribution is -2.65. The van der Waals surface area contributed by atoms with Crippen molar-refractivity contribution in [2.24, 2.45) is 0 Å². The minimum absolute atomic E-state index is 0.153. The van der Waals surface area contributed by atoms with Crippen LogP contribution in [0.2, 0.25) is 0 Å². The molecule has 8 nitrogen and oxygen atoms in total. The standard InChI is InChI=1S/C12H11IN4O4/c13-8-1-2-9(16-15-8)17-6-5-14-7-12(17)20-10(18)3-4-11(19)21-12/h1-4,14H,5-7H2. The molecular weight excluding hydrogens is 391 g/mol. The summed E-state index contributed by atoms with van der Waals surface area (Å²) in [6.07, 6.45) is 2.09. The Kier molecular flexibility index (Phi) is 3.76. The molecule has 0 aliphatic carbocycles. The predicted octanol–water partition coefficient (Wildman–Crippen LogP) is -0.199. The van der Waals surface area contributed by atoms with E-state index in [9.17, 15) is 9.59 Å². The number of nitrogens with one attached hydrogen (secondary N) is 1. The number of rotatable bonds is 1. The molecule has 9 heteroatoms. The summed E-state index contributed by atoms with van der Waals surface area (Å²) in [5.41, 5.74) is 0. The number of hydrogen-bond acceptors (Lipinski definition) is 8. The first-order valence-electron chi connectivity index (χ1n) is 6.21. The van der Waals surface area contributed by atoms with Crippen LogP contribution in [0.3, 0.4) is 0 Å². The first-order valence-corrected chi connectivity index (χ1v) is 7.29.